The molecule has 2 aromatic rings. The van der Waals surface area contributed by atoms with Crippen LogP contribution in [0.3, 0.4) is 0 Å². The van der Waals surface area contributed by atoms with Gasteiger partial charge in [0, 0.05) is 5.56 Å². The van der Waals surface area contributed by atoms with Crippen molar-refractivity contribution in [3.05, 3.63) is 50.9 Å². The van der Waals surface area contributed by atoms with Gasteiger partial charge < -0.3 is 5.11 Å². The van der Waals surface area contributed by atoms with Gasteiger partial charge in [-0.1, -0.05) is 31.0 Å². The smallest absolute Gasteiger partial charge is 0.332 e. The van der Waals surface area contributed by atoms with Crippen molar-refractivity contribution in [2.45, 2.75) is 19.4 Å². The maximum absolute atomic E-state index is 13.8. The molecule has 1 aromatic heterocycles. The SMILES string of the molecule is C#CC(CC)n1c(O)c(-c2ccccc2F)c(=O)[nH]c1=O. The summed E-state index contributed by atoms with van der Waals surface area (Å²) in [5, 5.41) is 10.2. The molecule has 0 aliphatic carbocycles. The molecule has 0 radical (unpaired) electrons. The molecule has 0 aliphatic heterocycles. The van der Waals surface area contributed by atoms with Gasteiger partial charge in [-0.2, -0.15) is 0 Å². The minimum atomic E-state index is -0.870. The first kappa shape index (κ1) is 14.6. The van der Waals surface area contributed by atoms with Crippen molar-refractivity contribution in [2.75, 3.05) is 0 Å². The van der Waals surface area contributed by atoms with Gasteiger partial charge in [0.1, 0.15) is 17.4 Å². The average molecular weight is 288 g/mol. The first-order valence-electron chi connectivity index (χ1n) is 6.30. The minimum Gasteiger partial charge on any atom is -0.494 e. The number of aromatic amines is 1. The monoisotopic (exact) mass is 288 g/mol. The maximum Gasteiger partial charge on any atom is 0.332 e. The Balaban J connectivity index is 2.84. The first-order chi connectivity index (χ1) is 10.0. The molecule has 0 amide bonds. The summed E-state index contributed by atoms with van der Waals surface area (Å²) < 4.78 is 14.7. The Kier molecular flexibility index (Phi) is 3.94. The minimum absolute atomic E-state index is 0.100. The molecule has 2 N–H and O–H groups in total. The van der Waals surface area contributed by atoms with Crippen molar-refractivity contribution in [1.29, 1.82) is 0 Å². The van der Waals surface area contributed by atoms with Crippen LogP contribution in [-0.4, -0.2) is 14.7 Å². The predicted octanol–water partition coefficient (Wildman–Crippen LogP) is 1.63. The molecule has 0 saturated carbocycles. The Bertz CT molecular complexity index is 830. The lowest BCUT2D eigenvalue weighted by molar-refractivity contribution is 0.387. The second kappa shape index (κ2) is 5.67. The zero-order chi connectivity index (χ0) is 15.6. The summed E-state index contributed by atoms with van der Waals surface area (Å²) in [6, 6.07) is 4.73. The van der Waals surface area contributed by atoms with Crippen molar-refractivity contribution in [1.82, 2.24) is 9.55 Å². The predicted molar refractivity (Wildman–Crippen MR) is 76.5 cm³/mol. The normalized spacial score (nSPS) is 11.9. The van der Waals surface area contributed by atoms with Crippen molar-refractivity contribution in [3.63, 3.8) is 0 Å². The zero-order valence-corrected chi connectivity index (χ0v) is 11.3. The first-order valence-corrected chi connectivity index (χ1v) is 6.30. The van der Waals surface area contributed by atoms with Crippen molar-refractivity contribution >= 4 is 0 Å². The van der Waals surface area contributed by atoms with Crippen molar-refractivity contribution in [2.24, 2.45) is 0 Å². The molecule has 0 spiro atoms. The summed E-state index contributed by atoms with van der Waals surface area (Å²) in [7, 11) is 0. The van der Waals surface area contributed by atoms with Crippen LogP contribution in [0.15, 0.2) is 33.9 Å². The van der Waals surface area contributed by atoms with E-state index in [1.807, 2.05) is 0 Å². The molecule has 1 unspecified atom stereocenters. The summed E-state index contributed by atoms with van der Waals surface area (Å²) in [5.74, 6) is 1.03. The fraction of sp³-hybridized carbons (Fsp3) is 0.200. The Morgan fingerprint density at radius 3 is 2.67 bits per heavy atom. The number of hydrogen-bond donors (Lipinski definition) is 2. The number of hydrogen-bond acceptors (Lipinski definition) is 3. The van der Waals surface area contributed by atoms with Crippen LogP contribution in [0, 0.1) is 18.2 Å². The Labute approximate surface area is 119 Å². The van der Waals surface area contributed by atoms with Crippen LogP contribution in [0.1, 0.15) is 19.4 Å². The fourth-order valence-corrected chi connectivity index (χ4v) is 2.11. The van der Waals surface area contributed by atoms with E-state index in [9.17, 15) is 19.1 Å². The van der Waals surface area contributed by atoms with E-state index in [1.165, 1.54) is 18.2 Å². The summed E-state index contributed by atoms with van der Waals surface area (Å²) in [6.07, 6.45) is 5.69. The number of rotatable bonds is 3. The molecule has 1 atom stereocenters. The Hall–Kier alpha value is -2.81. The molecule has 0 aliphatic rings. The highest BCUT2D eigenvalue weighted by atomic mass is 19.1. The topological polar surface area (TPSA) is 75.1 Å². The highest BCUT2D eigenvalue weighted by Gasteiger charge is 2.21. The van der Waals surface area contributed by atoms with Crippen LogP contribution in [0.2, 0.25) is 0 Å². The highest BCUT2D eigenvalue weighted by Crippen LogP contribution is 2.28. The molecule has 5 nitrogen and oxygen atoms in total. The molecule has 0 fully saturated rings. The number of benzene rings is 1. The number of H-pyrrole nitrogens is 1. The standard InChI is InChI=1S/C15H13FN2O3/c1-3-9(4-2)18-14(20)12(13(19)17-15(18)21)10-7-5-6-8-11(10)16/h1,5-9,20H,4H2,2H3,(H,17,19,21). The van der Waals surface area contributed by atoms with Gasteiger partial charge in [0.15, 0.2) is 0 Å². The average Bonchev–Trinajstić information content (AvgIpc) is 2.45. The van der Waals surface area contributed by atoms with Gasteiger partial charge in [-0.15, -0.1) is 6.42 Å². The molecular formula is C15H13FN2O3. The van der Waals surface area contributed by atoms with Crippen LogP contribution in [0.5, 0.6) is 5.88 Å². The summed E-state index contributed by atoms with van der Waals surface area (Å²) >= 11 is 0. The second-order valence-electron chi connectivity index (χ2n) is 4.40. The van der Waals surface area contributed by atoms with E-state index in [0.717, 1.165) is 10.6 Å². The molecule has 0 bridgehead atoms. The lowest BCUT2D eigenvalue weighted by Crippen LogP contribution is -2.33. The lowest BCUT2D eigenvalue weighted by Gasteiger charge is -2.16. The molecule has 2 rings (SSSR count). The largest absolute Gasteiger partial charge is 0.494 e. The molecule has 1 aromatic carbocycles. The van der Waals surface area contributed by atoms with E-state index in [-0.39, 0.29) is 11.1 Å². The van der Waals surface area contributed by atoms with Crippen molar-refractivity contribution < 1.29 is 9.50 Å². The quantitative estimate of drug-likeness (QED) is 0.843. The third-order valence-electron chi connectivity index (χ3n) is 3.15. The van der Waals surface area contributed by atoms with Gasteiger partial charge in [-0.3, -0.25) is 9.78 Å². The zero-order valence-electron chi connectivity index (χ0n) is 11.3. The molecule has 21 heavy (non-hydrogen) atoms. The Morgan fingerprint density at radius 2 is 2.10 bits per heavy atom. The van der Waals surface area contributed by atoms with Crippen LogP contribution < -0.4 is 11.2 Å². The molecular weight excluding hydrogens is 275 g/mol. The van der Waals surface area contributed by atoms with E-state index in [0.29, 0.717) is 6.42 Å². The number of nitrogens with one attached hydrogen (secondary N) is 1. The number of terminal acetylenes is 1. The van der Waals surface area contributed by atoms with Crippen molar-refractivity contribution in [3.8, 4) is 29.4 Å². The van der Waals surface area contributed by atoms with E-state index in [4.69, 9.17) is 6.42 Å². The molecule has 6 heteroatoms. The van der Waals surface area contributed by atoms with E-state index in [2.05, 4.69) is 10.9 Å². The van der Waals surface area contributed by atoms with Gasteiger partial charge >= 0.3 is 5.69 Å². The number of nitrogens with zero attached hydrogens (tertiary/aromatic N) is 1. The van der Waals surface area contributed by atoms with Crippen LogP contribution in [-0.2, 0) is 0 Å². The summed E-state index contributed by atoms with van der Waals surface area (Å²) in [6.45, 7) is 1.73. The third-order valence-corrected chi connectivity index (χ3v) is 3.15. The van der Waals surface area contributed by atoms with Gasteiger partial charge in [0.05, 0.1) is 0 Å². The highest BCUT2D eigenvalue weighted by molar-refractivity contribution is 5.67. The molecule has 0 saturated heterocycles. The summed E-state index contributed by atoms with van der Waals surface area (Å²) in [5.41, 5.74) is -2.12. The molecule has 1 heterocycles. The van der Waals surface area contributed by atoms with Crippen LogP contribution in [0.4, 0.5) is 4.39 Å². The van der Waals surface area contributed by atoms with Gasteiger partial charge in [-0.05, 0) is 12.5 Å². The van der Waals surface area contributed by atoms with Crippen LogP contribution >= 0.6 is 0 Å². The fourth-order valence-electron chi connectivity index (χ4n) is 2.11. The number of aromatic hydroxyl groups is 1. The summed E-state index contributed by atoms with van der Waals surface area (Å²) in [4.78, 5) is 25.8. The van der Waals surface area contributed by atoms with E-state index in [1.54, 1.807) is 6.92 Å². The lowest BCUT2D eigenvalue weighted by atomic mass is 10.1. The Morgan fingerprint density at radius 1 is 1.43 bits per heavy atom. The van der Waals surface area contributed by atoms with E-state index >= 15 is 0 Å². The van der Waals surface area contributed by atoms with Crippen LogP contribution in [0.25, 0.3) is 11.1 Å². The molecule has 108 valence electrons. The van der Waals surface area contributed by atoms with E-state index < -0.39 is 29.0 Å². The maximum atomic E-state index is 13.8. The second-order valence-corrected chi connectivity index (χ2v) is 4.40. The number of halogens is 1. The van der Waals surface area contributed by atoms with Gasteiger partial charge in [0.25, 0.3) is 5.56 Å². The third kappa shape index (κ3) is 2.46. The van der Waals surface area contributed by atoms with Gasteiger partial charge in [-0.25, -0.2) is 13.8 Å². The number of aromatic nitrogens is 2. The van der Waals surface area contributed by atoms with Gasteiger partial charge in [0.2, 0.25) is 5.88 Å².